The maximum Gasteiger partial charge on any atom is 0.251 e. The summed E-state index contributed by atoms with van der Waals surface area (Å²) < 4.78 is 32.9. The lowest BCUT2D eigenvalue weighted by Crippen LogP contribution is -2.49. The molecular weight excluding hydrogens is 442 g/mol. The molecule has 8 nitrogen and oxygen atoms in total. The van der Waals surface area contributed by atoms with E-state index in [9.17, 15) is 18.0 Å². The van der Waals surface area contributed by atoms with Gasteiger partial charge in [-0.3, -0.25) is 9.59 Å². The van der Waals surface area contributed by atoms with E-state index in [-0.39, 0.29) is 35.9 Å². The molecule has 0 atom stereocenters. The third kappa shape index (κ3) is 6.40. The number of piperazine rings is 1. The van der Waals surface area contributed by atoms with E-state index in [1.54, 1.807) is 4.90 Å². The number of nitrogens with one attached hydrogen (secondary N) is 1. The number of hydrogen-bond acceptors (Lipinski definition) is 5. The van der Waals surface area contributed by atoms with E-state index in [4.69, 9.17) is 4.74 Å². The van der Waals surface area contributed by atoms with Gasteiger partial charge in [-0.2, -0.15) is 4.31 Å². The summed E-state index contributed by atoms with van der Waals surface area (Å²) in [5, 5.41) is 2.89. The van der Waals surface area contributed by atoms with Gasteiger partial charge in [-0.1, -0.05) is 24.3 Å². The fourth-order valence-electron chi connectivity index (χ4n) is 3.58. The number of sulfonamides is 1. The first-order valence-electron chi connectivity index (χ1n) is 11.0. The van der Waals surface area contributed by atoms with Crippen LogP contribution in [-0.4, -0.2) is 61.7 Å². The van der Waals surface area contributed by atoms with Gasteiger partial charge < -0.3 is 15.0 Å². The largest absolute Gasteiger partial charge is 0.374 e. The molecule has 9 heteroatoms. The highest BCUT2D eigenvalue weighted by molar-refractivity contribution is 7.89. The molecule has 0 saturated carbocycles. The van der Waals surface area contributed by atoms with Crippen LogP contribution in [0.3, 0.4) is 0 Å². The van der Waals surface area contributed by atoms with Crippen molar-refractivity contribution in [3.05, 3.63) is 65.2 Å². The average molecular weight is 474 g/mol. The molecule has 1 saturated heterocycles. The molecule has 1 aliphatic rings. The maximum atomic E-state index is 12.9. The van der Waals surface area contributed by atoms with Crippen molar-refractivity contribution in [1.29, 1.82) is 0 Å². The summed E-state index contributed by atoms with van der Waals surface area (Å²) in [4.78, 5) is 25.8. The van der Waals surface area contributed by atoms with Crippen LogP contribution in [0.25, 0.3) is 0 Å². The fourth-order valence-corrected chi connectivity index (χ4v) is 5.00. The normalized spacial score (nSPS) is 15.0. The lowest BCUT2D eigenvalue weighted by molar-refractivity contribution is -0.129. The van der Waals surface area contributed by atoms with Gasteiger partial charge in [0.25, 0.3) is 5.91 Å². The van der Waals surface area contributed by atoms with Gasteiger partial charge in [-0.25, -0.2) is 8.42 Å². The van der Waals surface area contributed by atoms with Gasteiger partial charge in [-0.15, -0.1) is 0 Å². The summed E-state index contributed by atoms with van der Waals surface area (Å²) in [7, 11) is -3.68. The van der Waals surface area contributed by atoms with Gasteiger partial charge in [-0.05, 0) is 49.2 Å². The molecule has 1 aliphatic heterocycles. The molecule has 2 aromatic rings. The minimum absolute atomic E-state index is 0.0579. The molecule has 0 aliphatic carbocycles. The monoisotopic (exact) mass is 473 g/mol. The van der Waals surface area contributed by atoms with Crippen LogP contribution >= 0.6 is 0 Å². The minimum atomic E-state index is -3.68. The fraction of sp³-hybridized carbons (Fsp3) is 0.417. The van der Waals surface area contributed by atoms with Crippen LogP contribution in [0.2, 0.25) is 0 Å². The first-order valence-corrected chi connectivity index (χ1v) is 12.4. The highest BCUT2D eigenvalue weighted by Crippen LogP contribution is 2.19. The SMILES string of the molecule is CC(=O)N1CCN(S(=O)(=O)c2ccc(C(=O)NCc3ccccc3COC(C)C)cc2)CC1. The van der Waals surface area contributed by atoms with Crippen LogP contribution in [0.5, 0.6) is 0 Å². The summed E-state index contributed by atoms with van der Waals surface area (Å²) in [6, 6.07) is 13.7. The second-order valence-electron chi connectivity index (χ2n) is 8.25. The molecule has 0 spiro atoms. The Morgan fingerprint density at radius 3 is 2.15 bits per heavy atom. The van der Waals surface area contributed by atoms with E-state index < -0.39 is 10.0 Å². The second-order valence-corrected chi connectivity index (χ2v) is 10.2. The van der Waals surface area contributed by atoms with E-state index in [2.05, 4.69) is 5.32 Å². The Morgan fingerprint density at radius 1 is 0.970 bits per heavy atom. The van der Waals surface area contributed by atoms with Crippen molar-refractivity contribution in [3.63, 3.8) is 0 Å². The Hall–Kier alpha value is -2.75. The topological polar surface area (TPSA) is 96.0 Å². The van der Waals surface area contributed by atoms with E-state index in [0.717, 1.165) is 11.1 Å². The number of amides is 2. The average Bonchev–Trinajstić information content (AvgIpc) is 2.81. The molecule has 1 heterocycles. The molecule has 0 aromatic heterocycles. The lowest BCUT2D eigenvalue weighted by Gasteiger charge is -2.33. The third-order valence-electron chi connectivity index (χ3n) is 5.57. The van der Waals surface area contributed by atoms with E-state index >= 15 is 0 Å². The molecule has 2 amide bonds. The van der Waals surface area contributed by atoms with Crippen molar-refractivity contribution >= 4 is 21.8 Å². The van der Waals surface area contributed by atoms with Gasteiger partial charge >= 0.3 is 0 Å². The lowest BCUT2D eigenvalue weighted by atomic mass is 10.1. The van der Waals surface area contributed by atoms with Crippen molar-refractivity contribution in [3.8, 4) is 0 Å². The summed E-state index contributed by atoms with van der Waals surface area (Å²) >= 11 is 0. The first-order chi connectivity index (χ1) is 15.7. The number of carbonyl (C=O) groups excluding carboxylic acids is 2. The molecule has 1 fully saturated rings. The van der Waals surface area contributed by atoms with E-state index in [0.29, 0.717) is 31.8 Å². The maximum absolute atomic E-state index is 12.9. The number of rotatable bonds is 8. The van der Waals surface area contributed by atoms with Crippen molar-refractivity contribution in [2.75, 3.05) is 26.2 Å². The standard InChI is InChI=1S/C24H31N3O5S/c1-18(2)32-17-22-7-5-4-6-21(22)16-25-24(29)20-8-10-23(11-9-20)33(30,31)27-14-12-26(13-15-27)19(3)28/h4-11,18H,12-17H2,1-3H3,(H,25,29). The van der Waals surface area contributed by atoms with Crippen LogP contribution < -0.4 is 5.32 Å². The molecule has 0 radical (unpaired) electrons. The molecule has 0 bridgehead atoms. The summed E-state index contributed by atoms with van der Waals surface area (Å²) in [5.41, 5.74) is 2.36. The number of carbonyl (C=O) groups is 2. The Morgan fingerprint density at radius 2 is 1.58 bits per heavy atom. The number of nitrogens with zero attached hydrogens (tertiary/aromatic N) is 2. The smallest absolute Gasteiger partial charge is 0.251 e. The summed E-state index contributed by atoms with van der Waals surface area (Å²) in [6.45, 7) is 7.49. The van der Waals surface area contributed by atoms with Crippen LogP contribution in [0, 0.1) is 0 Å². The van der Waals surface area contributed by atoms with Crippen molar-refractivity contribution < 1.29 is 22.7 Å². The van der Waals surface area contributed by atoms with E-state index in [1.807, 2.05) is 38.1 Å². The Kier molecular flexibility index (Phi) is 8.23. The minimum Gasteiger partial charge on any atom is -0.374 e. The zero-order chi connectivity index (χ0) is 24.0. The zero-order valence-electron chi connectivity index (χ0n) is 19.3. The predicted molar refractivity (Wildman–Crippen MR) is 125 cm³/mol. The van der Waals surface area contributed by atoms with E-state index in [1.165, 1.54) is 35.5 Å². The molecule has 178 valence electrons. The number of hydrogen-bond donors (Lipinski definition) is 1. The molecule has 1 N–H and O–H groups in total. The predicted octanol–water partition coefficient (Wildman–Crippen LogP) is 2.39. The summed E-state index contributed by atoms with van der Waals surface area (Å²) in [5.74, 6) is -0.342. The second kappa shape index (κ2) is 10.9. The highest BCUT2D eigenvalue weighted by Gasteiger charge is 2.29. The number of benzene rings is 2. The highest BCUT2D eigenvalue weighted by atomic mass is 32.2. The first kappa shape index (κ1) is 24.9. The quantitative estimate of drug-likeness (QED) is 0.635. The van der Waals surface area contributed by atoms with Crippen LogP contribution in [0.1, 0.15) is 42.3 Å². The van der Waals surface area contributed by atoms with Crippen LogP contribution in [0.4, 0.5) is 0 Å². The molecule has 3 rings (SSSR count). The molecular formula is C24H31N3O5S. The molecule has 0 unspecified atom stereocenters. The van der Waals surface area contributed by atoms with Gasteiger partial charge in [0.2, 0.25) is 15.9 Å². The molecule has 33 heavy (non-hydrogen) atoms. The van der Waals surface area contributed by atoms with Crippen LogP contribution in [0.15, 0.2) is 53.4 Å². The Balaban J connectivity index is 1.61. The van der Waals surface area contributed by atoms with Gasteiger partial charge in [0, 0.05) is 45.2 Å². The van der Waals surface area contributed by atoms with Gasteiger partial charge in [0.15, 0.2) is 0 Å². The zero-order valence-corrected chi connectivity index (χ0v) is 20.1. The van der Waals surface area contributed by atoms with Crippen molar-refractivity contribution in [2.24, 2.45) is 0 Å². The summed E-state index contributed by atoms with van der Waals surface area (Å²) in [6.07, 6.45) is 0.112. The van der Waals surface area contributed by atoms with Gasteiger partial charge in [0.1, 0.15) is 0 Å². The molecule has 2 aromatic carbocycles. The Bertz CT molecular complexity index is 1080. The van der Waals surface area contributed by atoms with Crippen molar-refractivity contribution in [2.45, 2.75) is 44.9 Å². The van der Waals surface area contributed by atoms with Crippen LogP contribution in [-0.2, 0) is 32.7 Å². The number of ether oxygens (including phenoxy) is 1. The third-order valence-corrected chi connectivity index (χ3v) is 7.48. The van der Waals surface area contributed by atoms with Gasteiger partial charge in [0.05, 0.1) is 17.6 Å². The van der Waals surface area contributed by atoms with Crippen molar-refractivity contribution in [1.82, 2.24) is 14.5 Å². The Labute approximate surface area is 195 Å².